The van der Waals surface area contributed by atoms with Gasteiger partial charge in [-0.2, -0.15) is 0 Å². The Morgan fingerprint density at radius 1 is 1.60 bits per heavy atom. The van der Waals surface area contributed by atoms with Crippen molar-refractivity contribution in [3.63, 3.8) is 0 Å². The van der Waals surface area contributed by atoms with Gasteiger partial charge in [0.05, 0.1) is 6.54 Å². The molecule has 0 bridgehead atoms. The molecule has 0 aromatic rings. The molecule has 0 aliphatic heterocycles. The number of aldehydes is 1. The van der Waals surface area contributed by atoms with E-state index in [1.54, 1.807) is 7.11 Å². The van der Waals surface area contributed by atoms with Crippen LogP contribution in [0.1, 0.15) is 6.42 Å². The SMILES string of the molecule is COCCCN(C)CC=O. The zero-order chi connectivity index (χ0) is 7.82. The summed E-state index contributed by atoms with van der Waals surface area (Å²) in [6, 6.07) is 0. The Labute approximate surface area is 62.0 Å². The van der Waals surface area contributed by atoms with Crippen LogP contribution in [-0.2, 0) is 9.53 Å². The molecule has 0 N–H and O–H groups in total. The molecule has 0 aromatic carbocycles. The predicted molar refractivity (Wildman–Crippen MR) is 40.1 cm³/mol. The molecule has 0 aliphatic rings. The molecule has 10 heavy (non-hydrogen) atoms. The number of ether oxygens (including phenoxy) is 1. The molecule has 3 heteroatoms. The first-order valence-electron chi connectivity index (χ1n) is 3.42. The standard InChI is InChI=1S/C7H15NO2/c1-8(5-6-9)4-3-7-10-2/h6H,3-5,7H2,1-2H3. The molecule has 0 rings (SSSR count). The minimum Gasteiger partial charge on any atom is -0.385 e. The van der Waals surface area contributed by atoms with Crippen molar-refractivity contribution in [2.45, 2.75) is 6.42 Å². The number of methoxy groups -OCH3 is 1. The van der Waals surface area contributed by atoms with Gasteiger partial charge < -0.3 is 9.53 Å². The highest BCUT2D eigenvalue weighted by molar-refractivity contribution is 5.51. The van der Waals surface area contributed by atoms with E-state index in [-0.39, 0.29) is 0 Å². The van der Waals surface area contributed by atoms with Crippen molar-refractivity contribution in [3.8, 4) is 0 Å². The van der Waals surface area contributed by atoms with Crippen molar-refractivity contribution < 1.29 is 9.53 Å². The fourth-order valence-corrected chi connectivity index (χ4v) is 0.697. The molecular formula is C7H15NO2. The van der Waals surface area contributed by atoms with Crippen LogP contribution in [0.15, 0.2) is 0 Å². The third-order valence-electron chi connectivity index (χ3n) is 1.27. The smallest absolute Gasteiger partial charge is 0.133 e. The largest absolute Gasteiger partial charge is 0.385 e. The van der Waals surface area contributed by atoms with Gasteiger partial charge in [-0.05, 0) is 13.5 Å². The fourth-order valence-electron chi connectivity index (χ4n) is 0.697. The predicted octanol–water partition coefficient (Wildman–Crippen LogP) is 0.154. The van der Waals surface area contributed by atoms with Crippen LogP contribution in [0.25, 0.3) is 0 Å². The van der Waals surface area contributed by atoms with Gasteiger partial charge >= 0.3 is 0 Å². The lowest BCUT2D eigenvalue weighted by atomic mass is 10.4. The maximum Gasteiger partial charge on any atom is 0.133 e. The number of nitrogens with zero attached hydrogens (tertiary/aromatic N) is 1. The van der Waals surface area contributed by atoms with Crippen LogP contribution >= 0.6 is 0 Å². The number of hydrogen-bond donors (Lipinski definition) is 0. The Bertz CT molecular complexity index is 85.7. The van der Waals surface area contributed by atoms with Gasteiger partial charge in [0.25, 0.3) is 0 Å². The Hall–Kier alpha value is -0.410. The molecule has 3 nitrogen and oxygen atoms in total. The van der Waals surface area contributed by atoms with Gasteiger partial charge in [-0.25, -0.2) is 0 Å². The first kappa shape index (κ1) is 9.59. The quantitative estimate of drug-likeness (QED) is 0.393. The van der Waals surface area contributed by atoms with E-state index in [1.165, 1.54) is 0 Å². The molecule has 60 valence electrons. The highest BCUT2D eigenvalue weighted by atomic mass is 16.5. The van der Waals surface area contributed by atoms with Crippen molar-refractivity contribution in [3.05, 3.63) is 0 Å². The van der Waals surface area contributed by atoms with Crippen LogP contribution in [0.3, 0.4) is 0 Å². The van der Waals surface area contributed by atoms with E-state index >= 15 is 0 Å². The van der Waals surface area contributed by atoms with Gasteiger partial charge in [-0.15, -0.1) is 0 Å². The third-order valence-corrected chi connectivity index (χ3v) is 1.27. The van der Waals surface area contributed by atoms with E-state index in [4.69, 9.17) is 4.74 Å². The van der Waals surface area contributed by atoms with Crippen LogP contribution in [0.5, 0.6) is 0 Å². The highest BCUT2D eigenvalue weighted by Crippen LogP contribution is 1.85. The zero-order valence-corrected chi connectivity index (χ0v) is 6.67. The molecule has 0 unspecified atom stereocenters. The lowest BCUT2D eigenvalue weighted by molar-refractivity contribution is -0.108. The Morgan fingerprint density at radius 2 is 2.30 bits per heavy atom. The van der Waals surface area contributed by atoms with Crippen LogP contribution < -0.4 is 0 Å². The summed E-state index contributed by atoms with van der Waals surface area (Å²) in [6.07, 6.45) is 1.90. The topological polar surface area (TPSA) is 29.5 Å². The number of carbonyl (C=O) groups is 1. The van der Waals surface area contributed by atoms with Crippen molar-refractivity contribution in [1.82, 2.24) is 4.90 Å². The molecule has 0 heterocycles. The van der Waals surface area contributed by atoms with Gasteiger partial charge in [0.15, 0.2) is 0 Å². The van der Waals surface area contributed by atoms with E-state index in [1.807, 2.05) is 11.9 Å². The van der Waals surface area contributed by atoms with Gasteiger partial charge in [-0.3, -0.25) is 4.90 Å². The summed E-state index contributed by atoms with van der Waals surface area (Å²) >= 11 is 0. The van der Waals surface area contributed by atoms with E-state index < -0.39 is 0 Å². The van der Waals surface area contributed by atoms with Gasteiger partial charge in [0, 0.05) is 20.3 Å². The third kappa shape index (κ3) is 5.72. The lowest BCUT2D eigenvalue weighted by Gasteiger charge is -2.11. The monoisotopic (exact) mass is 145 g/mol. The first-order valence-corrected chi connectivity index (χ1v) is 3.42. The average molecular weight is 145 g/mol. The maximum absolute atomic E-state index is 9.98. The number of carbonyl (C=O) groups excluding carboxylic acids is 1. The van der Waals surface area contributed by atoms with Crippen molar-refractivity contribution in [1.29, 1.82) is 0 Å². The van der Waals surface area contributed by atoms with Gasteiger partial charge in [0.2, 0.25) is 0 Å². The van der Waals surface area contributed by atoms with Gasteiger partial charge in [0.1, 0.15) is 6.29 Å². The number of rotatable bonds is 6. The van der Waals surface area contributed by atoms with E-state index in [2.05, 4.69) is 0 Å². The molecule has 0 fully saturated rings. The lowest BCUT2D eigenvalue weighted by Crippen LogP contribution is -2.22. The van der Waals surface area contributed by atoms with Crippen molar-refractivity contribution >= 4 is 6.29 Å². The molecule has 0 spiro atoms. The number of likely N-dealkylation sites (N-methyl/N-ethyl adjacent to an activating group) is 1. The summed E-state index contributed by atoms with van der Waals surface area (Å²) in [7, 11) is 3.60. The second-order valence-corrected chi connectivity index (χ2v) is 2.28. The second-order valence-electron chi connectivity index (χ2n) is 2.28. The minimum absolute atomic E-state index is 0.518. The molecule has 0 saturated carbocycles. The Balaban J connectivity index is 3.04. The molecule has 0 radical (unpaired) electrons. The second kappa shape index (κ2) is 6.71. The molecule has 0 aliphatic carbocycles. The minimum atomic E-state index is 0.518. The number of hydrogen-bond acceptors (Lipinski definition) is 3. The summed E-state index contributed by atoms with van der Waals surface area (Å²) in [6.45, 7) is 2.21. The van der Waals surface area contributed by atoms with Crippen LogP contribution in [0.2, 0.25) is 0 Å². The average Bonchev–Trinajstić information content (AvgIpc) is 1.89. The van der Waals surface area contributed by atoms with Crippen LogP contribution in [-0.4, -0.2) is 45.0 Å². The molecule has 0 saturated heterocycles. The van der Waals surface area contributed by atoms with Gasteiger partial charge in [-0.1, -0.05) is 0 Å². The van der Waals surface area contributed by atoms with E-state index in [0.717, 1.165) is 25.9 Å². The molecule has 0 atom stereocenters. The summed E-state index contributed by atoms with van der Waals surface area (Å²) < 4.78 is 4.86. The summed E-state index contributed by atoms with van der Waals surface area (Å²) in [4.78, 5) is 11.9. The normalized spacial score (nSPS) is 10.3. The van der Waals surface area contributed by atoms with Crippen molar-refractivity contribution in [2.75, 3.05) is 33.9 Å². The van der Waals surface area contributed by atoms with E-state index in [9.17, 15) is 4.79 Å². The molecule has 0 amide bonds. The highest BCUT2D eigenvalue weighted by Gasteiger charge is 1.94. The summed E-state index contributed by atoms with van der Waals surface area (Å²) in [5.41, 5.74) is 0. The zero-order valence-electron chi connectivity index (χ0n) is 6.67. The summed E-state index contributed by atoms with van der Waals surface area (Å²) in [5.74, 6) is 0. The van der Waals surface area contributed by atoms with Crippen LogP contribution in [0.4, 0.5) is 0 Å². The summed E-state index contributed by atoms with van der Waals surface area (Å²) in [5, 5.41) is 0. The van der Waals surface area contributed by atoms with Crippen LogP contribution in [0, 0.1) is 0 Å². The first-order chi connectivity index (χ1) is 4.81. The Morgan fingerprint density at radius 3 is 2.80 bits per heavy atom. The van der Waals surface area contributed by atoms with E-state index in [0.29, 0.717) is 6.54 Å². The Kier molecular flexibility index (Phi) is 6.43. The molecular weight excluding hydrogens is 130 g/mol. The maximum atomic E-state index is 9.98. The molecule has 0 aromatic heterocycles. The van der Waals surface area contributed by atoms with Crippen molar-refractivity contribution in [2.24, 2.45) is 0 Å². The fraction of sp³-hybridized carbons (Fsp3) is 0.857.